The molecule has 0 atom stereocenters. The van der Waals surface area contributed by atoms with Gasteiger partial charge in [0.15, 0.2) is 0 Å². The minimum atomic E-state index is -0.326. The number of rotatable bonds is 8. The first-order chi connectivity index (χ1) is 15.4. The minimum Gasteiger partial charge on any atom is -0.496 e. The molecule has 0 spiro atoms. The molecule has 0 saturated heterocycles. The van der Waals surface area contributed by atoms with Gasteiger partial charge in [-0.1, -0.05) is 18.2 Å². The molecule has 2 N–H and O–H groups in total. The number of thioether (sulfide) groups is 1. The van der Waals surface area contributed by atoms with E-state index >= 15 is 0 Å². The Balaban J connectivity index is 1.59. The summed E-state index contributed by atoms with van der Waals surface area (Å²) in [4.78, 5) is 26.0. The quantitative estimate of drug-likeness (QED) is 0.455. The zero-order valence-corrected chi connectivity index (χ0v) is 19.3. The average Bonchev–Trinajstić information content (AvgIpc) is 2.81. The highest BCUT2D eigenvalue weighted by molar-refractivity contribution is 8.00. The smallest absolute Gasteiger partial charge is 0.263 e. The highest BCUT2D eigenvalue weighted by Gasteiger charge is 2.18. The van der Waals surface area contributed by atoms with E-state index in [1.165, 1.54) is 26.0 Å². The zero-order chi connectivity index (χ0) is 23.1. The van der Waals surface area contributed by atoms with Gasteiger partial charge < -0.3 is 20.1 Å². The van der Waals surface area contributed by atoms with Gasteiger partial charge >= 0.3 is 0 Å². The number of carbonyl (C=O) groups is 2. The first kappa shape index (κ1) is 23.2. The monoisotopic (exact) mass is 450 g/mol. The number of aryl methyl sites for hydroxylation is 1. The molecule has 0 saturated carbocycles. The van der Waals surface area contributed by atoms with Crippen LogP contribution >= 0.6 is 11.8 Å². The molecule has 0 aliphatic carbocycles. The fraction of sp³-hybridized carbons (Fsp3) is 0.200. The molecule has 0 aromatic heterocycles. The van der Waals surface area contributed by atoms with Gasteiger partial charge in [-0.2, -0.15) is 0 Å². The molecule has 3 rings (SSSR count). The van der Waals surface area contributed by atoms with Crippen molar-refractivity contribution >= 4 is 35.0 Å². The Morgan fingerprint density at radius 2 is 1.47 bits per heavy atom. The molecule has 0 heterocycles. The lowest BCUT2D eigenvalue weighted by atomic mass is 10.1. The van der Waals surface area contributed by atoms with E-state index in [0.29, 0.717) is 22.7 Å². The number of ether oxygens (including phenoxy) is 2. The van der Waals surface area contributed by atoms with E-state index in [1.807, 2.05) is 44.2 Å². The summed E-state index contributed by atoms with van der Waals surface area (Å²) in [6.07, 6.45) is 0. The van der Waals surface area contributed by atoms with Crippen molar-refractivity contribution in [1.29, 1.82) is 0 Å². The molecule has 32 heavy (non-hydrogen) atoms. The van der Waals surface area contributed by atoms with Gasteiger partial charge in [0.05, 0.1) is 20.0 Å². The molecule has 0 bridgehead atoms. The van der Waals surface area contributed by atoms with Gasteiger partial charge in [0.2, 0.25) is 5.91 Å². The lowest BCUT2D eigenvalue weighted by molar-refractivity contribution is -0.113. The Kier molecular flexibility index (Phi) is 7.78. The summed E-state index contributed by atoms with van der Waals surface area (Å²) in [6.45, 7) is 4.01. The van der Waals surface area contributed by atoms with Crippen molar-refractivity contribution in [2.75, 3.05) is 30.6 Å². The number of carbonyl (C=O) groups excluding carboxylic acids is 2. The second-order valence-electron chi connectivity index (χ2n) is 7.10. The molecule has 0 aliphatic rings. The van der Waals surface area contributed by atoms with E-state index in [9.17, 15) is 9.59 Å². The van der Waals surface area contributed by atoms with Gasteiger partial charge in [-0.15, -0.1) is 11.8 Å². The van der Waals surface area contributed by atoms with Gasteiger partial charge in [-0.25, -0.2) is 0 Å². The van der Waals surface area contributed by atoms with Crippen LogP contribution in [0.3, 0.4) is 0 Å². The van der Waals surface area contributed by atoms with Crippen LogP contribution in [0.25, 0.3) is 0 Å². The summed E-state index contributed by atoms with van der Waals surface area (Å²) in [6, 6.07) is 18.4. The number of hydrogen-bond donors (Lipinski definition) is 2. The average molecular weight is 451 g/mol. The normalized spacial score (nSPS) is 10.4. The fourth-order valence-electron chi connectivity index (χ4n) is 3.12. The second-order valence-corrected chi connectivity index (χ2v) is 8.15. The predicted molar refractivity (Wildman–Crippen MR) is 129 cm³/mol. The highest BCUT2D eigenvalue weighted by Crippen LogP contribution is 2.29. The third-order valence-electron chi connectivity index (χ3n) is 5.02. The largest absolute Gasteiger partial charge is 0.496 e. The Labute approximate surface area is 192 Å². The highest BCUT2D eigenvalue weighted by atomic mass is 32.2. The zero-order valence-electron chi connectivity index (χ0n) is 18.5. The van der Waals surface area contributed by atoms with Crippen molar-refractivity contribution in [3.05, 3.63) is 77.4 Å². The molecule has 3 aromatic rings. The molecule has 0 radical (unpaired) electrons. The first-order valence-corrected chi connectivity index (χ1v) is 11.0. The van der Waals surface area contributed by atoms with Gasteiger partial charge in [0.1, 0.15) is 17.1 Å². The van der Waals surface area contributed by atoms with E-state index in [-0.39, 0.29) is 17.6 Å². The van der Waals surface area contributed by atoms with E-state index < -0.39 is 0 Å². The molecule has 6 nitrogen and oxygen atoms in total. The van der Waals surface area contributed by atoms with E-state index in [2.05, 4.69) is 10.6 Å². The van der Waals surface area contributed by atoms with Crippen molar-refractivity contribution in [2.45, 2.75) is 18.7 Å². The van der Waals surface area contributed by atoms with Crippen molar-refractivity contribution in [3.8, 4) is 11.5 Å². The summed E-state index contributed by atoms with van der Waals surface area (Å²) in [5.41, 5.74) is 4.00. The van der Waals surface area contributed by atoms with Gasteiger partial charge in [-0.05, 0) is 67.4 Å². The van der Waals surface area contributed by atoms with Gasteiger partial charge in [0, 0.05) is 16.3 Å². The van der Waals surface area contributed by atoms with E-state index in [4.69, 9.17) is 9.47 Å². The fourth-order valence-corrected chi connectivity index (χ4v) is 3.82. The molecule has 166 valence electrons. The first-order valence-electron chi connectivity index (χ1n) is 10.0. The van der Waals surface area contributed by atoms with Crippen LogP contribution < -0.4 is 20.1 Å². The number of benzene rings is 3. The van der Waals surface area contributed by atoms with Crippen LogP contribution in [0, 0.1) is 13.8 Å². The number of amides is 2. The summed E-state index contributed by atoms with van der Waals surface area (Å²) in [5.74, 6) is 0.766. The molecule has 0 aliphatic heterocycles. The third kappa shape index (κ3) is 5.62. The topological polar surface area (TPSA) is 76.7 Å². The second kappa shape index (κ2) is 10.7. The molecular formula is C25H26N2O4S. The molecule has 2 amide bonds. The Morgan fingerprint density at radius 1 is 0.844 bits per heavy atom. The van der Waals surface area contributed by atoms with Crippen LogP contribution in [0.5, 0.6) is 11.5 Å². The van der Waals surface area contributed by atoms with Crippen molar-refractivity contribution in [2.24, 2.45) is 0 Å². The van der Waals surface area contributed by atoms with E-state index in [1.54, 1.807) is 30.3 Å². The molecule has 3 aromatic carbocycles. The number of nitrogens with one attached hydrogen (secondary N) is 2. The van der Waals surface area contributed by atoms with E-state index in [0.717, 1.165) is 21.7 Å². The number of anilines is 2. The third-order valence-corrected chi connectivity index (χ3v) is 6.03. The Morgan fingerprint density at radius 3 is 2.09 bits per heavy atom. The Hall–Kier alpha value is -3.45. The van der Waals surface area contributed by atoms with Crippen molar-refractivity contribution in [1.82, 2.24) is 0 Å². The summed E-state index contributed by atoms with van der Waals surface area (Å²) < 4.78 is 10.6. The van der Waals surface area contributed by atoms with Crippen molar-refractivity contribution in [3.63, 3.8) is 0 Å². The number of hydrogen-bond acceptors (Lipinski definition) is 5. The molecule has 0 unspecified atom stereocenters. The molecular weight excluding hydrogens is 424 g/mol. The molecule has 0 fully saturated rings. The van der Waals surface area contributed by atoms with Crippen LogP contribution in [-0.4, -0.2) is 31.8 Å². The number of methoxy groups -OCH3 is 2. The van der Waals surface area contributed by atoms with Crippen molar-refractivity contribution < 1.29 is 19.1 Å². The standard InChI is InChI=1S/C25H26N2O4S/c1-16-7-5-8-20(17(16)2)27-23(28)15-32-19-13-11-18(12-14-19)26-25(29)24-21(30-3)9-6-10-22(24)31-4/h5-14H,15H2,1-4H3,(H,26,29)(H,27,28). The summed E-state index contributed by atoms with van der Waals surface area (Å²) >= 11 is 1.43. The Bertz CT molecular complexity index is 1090. The van der Waals surface area contributed by atoms with Crippen LogP contribution in [-0.2, 0) is 4.79 Å². The lowest BCUT2D eigenvalue weighted by Gasteiger charge is -2.13. The summed E-state index contributed by atoms with van der Waals surface area (Å²) in [5, 5.41) is 5.81. The van der Waals surface area contributed by atoms with Crippen LogP contribution in [0.1, 0.15) is 21.5 Å². The van der Waals surface area contributed by atoms with Gasteiger partial charge in [0.25, 0.3) is 5.91 Å². The SMILES string of the molecule is COc1cccc(OC)c1C(=O)Nc1ccc(SCC(=O)Nc2cccc(C)c2C)cc1. The maximum absolute atomic E-state index is 12.8. The lowest BCUT2D eigenvalue weighted by Crippen LogP contribution is -2.15. The maximum Gasteiger partial charge on any atom is 0.263 e. The predicted octanol–water partition coefficient (Wildman–Crippen LogP) is 5.30. The van der Waals surface area contributed by atoms with Crippen LogP contribution in [0.15, 0.2) is 65.6 Å². The maximum atomic E-state index is 12.8. The molecule has 7 heteroatoms. The van der Waals surface area contributed by atoms with Gasteiger partial charge in [-0.3, -0.25) is 9.59 Å². The van der Waals surface area contributed by atoms with Crippen LogP contribution in [0.2, 0.25) is 0 Å². The van der Waals surface area contributed by atoms with Crippen LogP contribution in [0.4, 0.5) is 11.4 Å². The minimum absolute atomic E-state index is 0.0654. The summed E-state index contributed by atoms with van der Waals surface area (Å²) in [7, 11) is 3.02.